The summed E-state index contributed by atoms with van der Waals surface area (Å²) in [5, 5.41) is 15.4. The highest BCUT2D eigenvalue weighted by Gasteiger charge is 2.23. The molecule has 5 heteroatoms. The summed E-state index contributed by atoms with van der Waals surface area (Å²) < 4.78 is 0. The largest absolute Gasteiger partial charge is 0.393 e. The van der Waals surface area contributed by atoms with E-state index in [1.165, 1.54) is 4.90 Å². The molecule has 2 amide bonds. The van der Waals surface area contributed by atoms with Crippen molar-refractivity contribution in [3.63, 3.8) is 0 Å². The van der Waals surface area contributed by atoms with Gasteiger partial charge in [0.15, 0.2) is 0 Å². The Morgan fingerprint density at radius 3 is 2.68 bits per heavy atom. The van der Waals surface area contributed by atoms with Crippen molar-refractivity contribution in [2.45, 2.75) is 50.2 Å². The first kappa shape index (κ1) is 17.2. The summed E-state index contributed by atoms with van der Waals surface area (Å²) in [6.45, 7) is 4.76. The molecular weight excluding hydrogens is 296 g/mol. The average Bonchev–Trinajstić information content (AvgIpc) is 2.92. The number of nitrogens with one attached hydrogen (secondary N) is 2. The molecule has 0 aliphatic heterocycles. The van der Waals surface area contributed by atoms with E-state index in [2.05, 4.69) is 41.8 Å². The van der Waals surface area contributed by atoms with Gasteiger partial charge in [0, 0.05) is 11.4 Å². The van der Waals surface area contributed by atoms with Crippen molar-refractivity contribution in [2.75, 3.05) is 12.3 Å². The summed E-state index contributed by atoms with van der Waals surface area (Å²) in [5.41, 5.74) is 1.10. The molecule has 22 heavy (non-hydrogen) atoms. The lowest BCUT2D eigenvalue weighted by molar-refractivity contribution is 0.177. The van der Waals surface area contributed by atoms with Gasteiger partial charge in [-0.05, 0) is 55.6 Å². The summed E-state index contributed by atoms with van der Waals surface area (Å²) in [6.07, 6.45) is 2.46. The van der Waals surface area contributed by atoms with Crippen molar-refractivity contribution in [1.29, 1.82) is 0 Å². The van der Waals surface area contributed by atoms with Gasteiger partial charge < -0.3 is 15.7 Å². The molecule has 122 valence electrons. The van der Waals surface area contributed by atoms with Crippen molar-refractivity contribution in [1.82, 2.24) is 10.6 Å². The number of hydrogen-bond donors (Lipinski definition) is 3. The zero-order valence-corrected chi connectivity index (χ0v) is 14.2. The number of urea groups is 1. The summed E-state index contributed by atoms with van der Waals surface area (Å²) >= 11 is 1.81. The van der Waals surface area contributed by atoms with Gasteiger partial charge in [-0.3, -0.25) is 0 Å². The quantitative estimate of drug-likeness (QED) is 0.704. The Bertz CT molecular complexity index is 478. The molecule has 0 saturated heterocycles. The van der Waals surface area contributed by atoms with Crippen molar-refractivity contribution < 1.29 is 9.90 Å². The lowest BCUT2D eigenvalue weighted by atomic mass is 10.1. The number of hydrogen-bond acceptors (Lipinski definition) is 3. The Hall–Kier alpha value is -1.20. The van der Waals surface area contributed by atoms with Crippen LogP contribution in [0.5, 0.6) is 0 Å². The maximum atomic E-state index is 11.9. The standard InChI is InChI=1S/C17H26N2O2S/c1-3-22-16-8-5-14(6-9-16)12(2)19-17(21)18-11-13-4-7-15(20)10-13/h5-6,8-9,12-13,15,20H,3-4,7,10-11H2,1-2H3,(H2,18,19,21)/t12-,13+,15-/m0/s1. The van der Waals surface area contributed by atoms with Crippen molar-refractivity contribution >= 4 is 17.8 Å². The first-order valence-corrected chi connectivity index (χ1v) is 9.02. The fraction of sp³-hybridized carbons (Fsp3) is 0.588. The van der Waals surface area contributed by atoms with Gasteiger partial charge >= 0.3 is 6.03 Å². The van der Waals surface area contributed by atoms with Crippen LogP contribution in [0.4, 0.5) is 4.79 Å². The average molecular weight is 322 g/mol. The normalized spacial score (nSPS) is 22.3. The first-order chi connectivity index (χ1) is 10.6. The number of benzene rings is 1. The first-order valence-electron chi connectivity index (χ1n) is 8.03. The molecule has 0 unspecified atom stereocenters. The molecule has 0 aromatic heterocycles. The number of rotatable bonds is 6. The van der Waals surface area contributed by atoms with E-state index in [4.69, 9.17) is 0 Å². The smallest absolute Gasteiger partial charge is 0.315 e. The van der Waals surface area contributed by atoms with Crippen LogP contribution in [0.15, 0.2) is 29.2 Å². The van der Waals surface area contributed by atoms with Crippen LogP contribution < -0.4 is 10.6 Å². The van der Waals surface area contributed by atoms with Crippen LogP contribution in [0, 0.1) is 5.92 Å². The maximum absolute atomic E-state index is 11.9. The van der Waals surface area contributed by atoms with Crippen LogP contribution in [0.1, 0.15) is 44.7 Å². The molecule has 0 radical (unpaired) electrons. The Labute approximate surface area is 137 Å². The Balaban J connectivity index is 1.75. The van der Waals surface area contributed by atoms with Crippen molar-refractivity contribution in [3.05, 3.63) is 29.8 Å². The van der Waals surface area contributed by atoms with E-state index in [0.29, 0.717) is 12.5 Å². The van der Waals surface area contributed by atoms with Crippen LogP contribution in [0.2, 0.25) is 0 Å². The maximum Gasteiger partial charge on any atom is 0.315 e. The molecule has 1 aromatic carbocycles. The predicted molar refractivity (Wildman–Crippen MR) is 91.1 cm³/mol. The second-order valence-corrected chi connectivity index (χ2v) is 7.25. The topological polar surface area (TPSA) is 61.4 Å². The zero-order valence-electron chi connectivity index (χ0n) is 13.3. The Morgan fingerprint density at radius 2 is 2.09 bits per heavy atom. The predicted octanol–water partition coefficient (Wildman–Crippen LogP) is 3.32. The van der Waals surface area contributed by atoms with E-state index in [-0.39, 0.29) is 18.2 Å². The van der Waals surface area contributed by atoms with Crippen LogP contribution >= 0.6 is 11.8 Å². The van der Waals surface area contributed by atoms with E-state index >= 15 is 0 Å². The number of thioether (sulfide) groups is 1. The fourth-order valence-corrected chi connectivity index (χ4v) is 3.48. The molecule has 4 nitrogen and oxygen atoms in total. The molecule has 0 heterocycles. The van der Waals surface area contributed by atoms with Gasteiger partial charge in [-0.15, -0.1) is 11.8 Å². The Kier molecular flexibility index (Phi) is 6.58. The summed E-state index contributed by atoms with van der Waals surface area (Å²) in [4.78, 5) is 13.2. The Morgan fingerprint density at radius 1 is 1.36 bits per heavy atom. The third kappa shape index (κ3) is 5.21. The summed E-state index contributed by atoms with van der Waals surface area (Å²) in [5.74, 6) is 1.47. The van der Waals surface area contributed by atoms with E-state index in [1.807, 2.05) is 18.7 Å². The molecule has 1 aliphatic carbocycles. The second-order valence-electron chi connectivity index (χ2n) is 5.91. The van der Waals surface area contributed by atoms with Crippen LogP contribution in [0.3, 0.4) is 0 Å². The summed E-state index contributed by atoms with van der Waals surface area (Å²) in [6, 6.07) is 8.17. The minimum atomic E-state index is -0.187. The molecule has 1 fully saturated rings. The minimum Gasteiger partial charge on any atom is -0.393 e. The van der Waals surface area contributed by atoms with E-state index in [1.54, 1.807) is 0 Å². The molecule has 1 aliphatic rings. The van der Waals surface area contributed by atoms with Gasteiger partial charge in [0.05, 0.1) is 12.1 Å². The molecule has 3 atom stereocenters. The number of amides is 2. The molecule has 3 N–H and O–H groups in total. The lowest BCUT2D eigenvalue weighted by Gasteiger charge is -2.17. The highest BCUT2D eigenvalue weighted by Crippen LogP contribution is 2.24. The summed E-state index contributed by atoms with van der Waals surface area (Å²) in [7, 11) is 0. The van der Waals surface area contributed by atoms with Crippen LogP contribution in [-0.4, -0.2) is 29.5 Å². The zero-order chi connectivity index (χ0) is 15.9. The van der Waals surface area contributed by atoms with E-state index in [0.717, 1.165) is 30.6 Å². The highest BCUT2D eigenvalue weighted by atomic mass is 32.2. The van der Waals surface area contributed by atoms with Crippen molar-refractivity contribution in [3.8, 4) is 0 Å². The van der Waals surface area contributed by atoms with Gasteiger partial charge in [0.1, 0.15) is 0 Å². The fourth-order valence-electron chi connectivity index (χ4n) is 2.82. The number of aliphatic hydroxyl groups is 1. The van der Waals surface area contributed by atoms with Gasteiger partial charge in [-0.2, -0.15) is 0 Å². The molecule has 1 saturated carbocycles. The second kappa shape index (κ2) is 8.44. The van der Waals surface area contributed by atoms with E-state index < -0.39 is 0 Å². The van der Waals surface area contributed by atoms with Gasteiger partial charge in [0.25, 0.3) is 0 Å². The highest BCUT2D eigenvalue weighted by molar-refractivity contribution is 7.99. The third-order valence-electron chi connectivity index (χ3n) is 4.10. The molecule has 0 bridgehead atoms. The number of carbonyl (C=O) groups excluding carboxylic acids is 1. The SMILES string of the molecule is CCSc1ccc([C@H](C)NC(=O)NC[C@@H]2CC[C@H](O)C2)cc1. The molecular formula is C17H26N2O2S. The van der Waals surface area contributed by atoms with Crippen molar-refractivity contribution in [2.24, 2.45) is 5.92 Å². The van der Waals surface area contributed by atoms with Crippen LogP contribution in [0.25, 0.3) is 0 Å². The number of aliphatic hydroxyl groups excluding tert-OH is 1. The third-order valence-corrected chi connectivity index (χ3v) is 5.00. The van der Waals surface area contributed by atoms with E-state index in [9.17, 15) is 9.90 Å². The minimum absolute atomic E-state index is 0.0187. The van der Waals surface area contributed by atoms with Crippen LogP contribution in [-0.2, 0) is 0 Å². The molecule has 1 aromatic rings. The molecule has 0 spiro atoms. The monoisotopic (exact) mass is 322 g/mol. The lowest BCUT2D eigenvalue weighted by Crippen LogP contribution is -2.39. The van der Waals surface area contributed by atoms with Gasteiger partial charge in [-0.1, -0.05) is 19.1 Å². The molecule has 2 rings (SSSR count). The number of carbonyl (C=O) groups is 1. The van der Waals surface area contributed by atoms with Gasteiger partial charge in [0.2, 0.25) is 0 Å². The van der Waals surface area contributed by atoms with Gasteiger partial charge in [-0.25, -0.2) is 4.79 Å².